The summed E-state index contributed by atoms with van der Waals surface area (Å²) in [6.07, 6.45) is 3.42. The molecule has 0 spiro atoms. The first-order valence-corrected chi connectivity index (χ1v) is 6.19. The number of hydrogen-bond acceptors (Lipinski definition) is 1. The summed E-state index contributed by atoms with van der Waals surface area (Å²) in [6, 6.07) is 4.81. The van der Waals surface area contributed by atoms with Crippen LogP contribution in [0.1, 0.15) is 42.1 Å². The molecular formula is C14H18FNO. The molecule has 0 bridgehead atoms. The molecule has 17 heavy (non-hydrogen) atoms. The molecule has 1 N–H and O–H groups in total. The van der Waals surface area contributed by atoms with E-state index in [1.54, 1.807) is 13.0 Å². The van der Waals surface area contributed by atoms with E-state index in [-0.39, 0.29) is 11.7 Å². The number of amides is 1. The predicted octanol–water partition coefficient (Wildman–Crippen LogP) is 3.05. The highest BCUT2D eigenvalue weighted by molar-refractivity contribution is 5.94. The molecule has 1 aromatic carbocycles. The maximum Gasteiger partial charge on any atom is 0.251 e. The van der Waals surface area contributed by atoms with Gasteiger partial charge < -0.3 is 5.32 Å². The third kappa shape index (κ3) is 2.84. The lowest BCUT2D eigenvalue weighted by molar-refractivity contribution is 0.0948. The number of carbonyl (C=O) groups excluding carboxylic acids is 1. The van der Waals surface area contributed by atoms with Crippen molar-refractivity contribution in [3.8, 4) is 0 Å². The van der Waals surface area contributed by atoms with E-state index in [4.69, 9.17) is 0 Å². The van der Waals surface area contributed by atoms with Crippen molar-refractivity contribution in [1.82, 2.24) is 5.32 Å². The summed E-state index contributed by atoms with van der Waals surface area (Å²) in [5.74, 6) is 0.291. The molecule has 0 saturated heterocycles. The molecule has 2 rings (SSSR count). The van der Waals surface area contributed by atoms with Crippen LogP contribution in [-0.2, 0) is 0 Å². The van der Waals surface area contributed by atoms with Crippen LogP contribution in [0.15, 0.2) is 18.2 Å². The first-order chi connectivity index (χ1) is 8.11. The van der Waals surface area contributed by atoms with E-state index in [0.29, 0.717) is 23.1 Å². The van der Waals surface area contributed by atoms with E-state index in [2.05, 4.69) is 12.2 Å². The Labute approximate surface area is 101 Å². The fourth-order valence-electron chi connectivity index (χ4n) is 2.15. The highest BCUT2D eigenvalue weighted by atomic mass is 19.1. The minimum absolute atomic E-state index is 0.0864. The van der Waals surface area contributed by atoms with E-state index >= 15 is 0 Å². The zero-order valence-electron chi connectivity index (χ0n) is 10.3. The first kappa shape index (κ1) is 12.1. The average Bonchev–Trinajstić information content (AvgIpc) is 3.01. The maximum atomic E-state index is 13.1. The quantitative estimate of drug-likeness (QED) is 0.853. The smallest absolute Gasteiger partial charge is 0.251 e. The van der Waals surface area contributed by atoms with Gasteiger partial charge in [0.2, 0.25) is 0 Å². The van der Waals surface area contributed by atoms with Crippen LogP contribution >= 0.6 is 0 Å². The maximum absolute atomic E-state index is 13.1. The molecule has 92 valence electrons. The van der Waals surface area contributed by atoms with E-state index in [0.717, 1.165) is 12.8 Å². The van der Waals surface area contributed by atoms with Crippen molar-refractivity contribution >= 4 is 5.91 Å². The topological polar surface area (TPSA) is 29.1 Å². The molecule has 0 aromatic heterocycles. The van der Waals surface area contributed by atoms with Crippen molar-refractivity contribution in [1.29, 1.82) is 0 Å². The standard InChI is InChI=1S/C14H18FNO/c1-3-4-10-8-13(10)16-14(17)11-5-6-12(15)9(2)7-11/h5-7,10,13H,3-4,8H2,1-2H3,(H,16,17). The van der Waals surface area contributed by atoms with Crippen LogP contribution < -0.4 is 5.32 Å². The monoisotopic (exact) mass is 235 g/mol. The minimum atomic E-state index is -0.267. The number of carbonyl (C=O) groups is 1. The van der Waals surface area contributed by atoms with Crippen LogP contribution in [-0.4, -0.2) is 11.9 Å². The third-order valence-electron chi connectivity index (χ3n) is 3.32. The molecule has 2 atom stereocenters. The van der Waals surface area contributed by atoms with Gasteiger partial charge in [0.1, 0.15) is 5.82 Å². The van der Waals surface area contributed by atoms with Gasteiger partial charge in [0.05, 0.1) is 0 Å². The van der Waals surface area contributed by atoms with Crippen molar-refractivity contribution in [2.24, 2.45) is 5.92 Å². The first-order valence-electron chi connectivity index (χ1n) is 6.19. The van der Waals surface area contributed by atoms with Gasteiger partial charge in [-0.05, 0) is 49.4 Å². The molecule has 1 saturated carbocycles. The summed E-state index contributed by atoms with van der Waals surface area (Å²) in [6.45, 7) is 3.82. The molecular weight excluding hydrogens is 217 g/mol. The second kappa shape index (κ2) is 4.86. The Balaban J connectivity index is 1.94. The van der Waals surface area contributed by atoms with Crippen LogP contribution in [0.2, 0.25) is 0 Å². The largest absolute Gasteiger partial charge is 0.349 e. The number of benzene rings is 1. The number of rotatable bonds is 4. The van der Waals surface area contributed by atoms with E-state index in [1.165, 1.54) is 18.6 Å². The van der Waals surface area contributed by atoms with Crippen LogP contribution in [0.5, 0.6) is 0 Å². The predicted molar refractivity (Wildman–Crippen MR) is 65.4 cm³/mol. The van der Waals surface area contributed by atoms with Gasteiger partial charge in [-0.3, -0.25) is 4.79 Å². The highest BCUT2D eigenvalue weighted by Gasteiger charge is 2.37. The molecule has 3 heteroatoms. The minimum Gasteiger partial charge on any atom is -0.349 e. The van der Waals surface area contributed by atoms with Crippen molar-refractivity contribution < 1.29 is 9.18 Å². The number of halogens is 1. The van der Waals surface area contributed by atoms with Crippen LogP contribution in [0.25, 0.3) is 0 Å². The van der Waals surface area contributed by atoms with Crippen LogP contribution in [0.4, 0.5) is 4.39 Å². The Bertz CT molecular complexity index is 430. The second-order valence-corrected chi connectivity index (χ2v) is 4.83. The number of nitrogens with one attached hydrogen (secondary N) is 1. The van der Waals surface area contributed by atoms with E-state index in [9.17, 15) is 9.18 Å². The Morgan fingerprint density at radius 2 is 2.29 bits per heavy atom. The summed E-state index contributed by atoms with van der Waals surface area (Å²) in [5, 5.41) is 2.99. The number of aryl methyl sites for hydroxylation is 1. The molecule has 1 fully saturated rings. The van der Waals surface area contributed by atoms with Gasteiger partial charge in [0.15, 0.2) is 0 Å². The molecule has 1 aromatic rings. The second-order valence-electron chi connectivity index (χ2n) is 4.83. The van der Waals surface area contributed by atoms with E-state index in [1.807, 2.05) is 0 Å². The van der Waals surface area contributed by atoms with Gasteiger partial charge in [-0.1, -0.05) is 13.3 Å². The fraction of sp³-hybridized carbons (Fsp3) is 0.500. The van der Waals surface area contributed by atoms with Gasteiger partial charge >= 0.3 is 0 Å². The third-order valence-corrected chi connectivity index (χ3v) is 3.32. The van der Waals surface area contributed by atoms with E-state index < -0.39 is 0 Å². The van der Waals surface area contributed by atoms with Crippen LogP contribution in [0.3, 0.4) is 0 Å². The van der Waals surface area contributed by atoms with Crippen LogP contribution in [0, 0.1) is 18.7 Å². The van der Waals surface area contributed by atoms with Crippen molar-refractivity contribution in [3.05, 3.63) is 35.1 Å². The Hall–Kier alpha value is -1.38. The van der Waals surface area contributed by atoms with Crippen molar-refractivity contribution in [3.63, 3.8) is 0 Å². The summed E-state index contributed by atoms with van der Waals surface area (Å²) < 4.78 is 13.1. The Morgan fingerprint density at radius 3 is 2.94 bits per heavy atom. The Morgan fingerprint density at radius 1 is 1.53 bits per heavy atom. The molecule has 0 radical (unpaired) electrons. The molecule has 0 aliphatic heterocycles. The fourth-order valence-corrected chi connectivity index (χ4v) is 2.15. The lowest BCUT2D eigenvalue weighted by Crippen LogP contribution is -2.26. The van der Waals surface area contributed by atoms with Gasteiger partial charge in [0.25, 0.3) is 5.91 Å². The average molecular weight is 235 g/mol. The zero-order chi connectivity index (χ0) is 12.4. The lowest BCUT2D eigenvalue weighted by Gasteiger charge is -2.05. The molecule has 0 heterocycles. The lowest BCUT2D eigenvalue weighted by atomic mass is 10.1. The Kier molecular flexibility index (Phi) is 3.46. The zero-order valence-corrected chi connectivity index (χ0v) is 10.3. The molecule has 1 aliphatic rings. The van der Waals surface area contributed by atoms with Gasteiger partial charge in [0, 0.05) is 11.6 Å². The number of hydrogen-bond donors (Lipinski definition) is 1. The highest BCUT2D eigenvalue weighted by Crippen LogP contribution is 2.34. The molecule has 1 amide bonds. The van der Waals surface area contributed by atoms with Crippen molar-refractivity contribution in [2.75, 3.05) is 0 Å². The normalized spacial score (nSPS) is 22.3. The summed E-state index contributed by atoms with van der Waals surface area (Å²) in [4.78, 5) is 11.9. The van der Waals surface area contributed by atoms with Gasteiger partial charge in [-0.15, -0.1) is 0 Å². The molecule has 1 aliphatic carbocycles. The molecule has 2 unspecified atom stereocenters. The van der Waals surface area contributed by atoms with Gasteiger partial charge in [-0.25, -0.2) is 4.39 Å². The van der Waals surface area contributed by atoms with Gasteiger partial charge in [-0.2, -0.15) is 0 Å². The van der Waals surface area contributed by atoms with Crippen molar-refractivity contribution in [2.45, 2.75) is 39.2 Å². The summed E-state index contributed by atoms with van der Waals surface area (Å²) >= 11 is 0. The summed E-state index contributed by atoms with van der Waals surface area (Å²) in [7, 11) is 0. The SMILES string of the molecule is CCCC1CC1NC(=O)c1ccc(F)c(C)c1. The molecule has 2 nitrogen and oxygen atoms in total. The summed E-state index contributed by atoms with van der Waals surface area (Å²) in [5.41, 5.74) is 1.06.